The monoisotopic (exact) mass is 307 g/mol. The molecule has 0 saturated carbocycles. The first kappa shape index (κ1) is 13.4. The maximum atomic E-state index is 9.13. The molecule has 0 aliphatic carbocycles. The van der Waals surface area contributed by atoms with Gasteiger partial charge in [-0.05, 0) is 11.4 Å². The summed E-state index contributed by atoms with van der Waals surface area (Å²) < 4.78 is 7.58. The molecule has 0 atom stereocenters. The Kier molecular flexibility index (Phi) is 3.90. The minimum absolute atomic E-state index is 0.00835. The quantitative estimate of drug-likeness (QED) is 0.734. The maximum Gasteiger partial charge on any atom is 0.205 e. The summed E-state index contributed by atoms with van der Waals surface area (Å²) in [6.07, 6.45) is 3.42. The summed E-state index contributed by atoms with van der Waals surface area (Å²) in [6.45, 7) is -0.00835. The van der Waals surface area contributed by atoms with E-state index in [1.807, 2.05) is 29.1 Å². The zero-order chi connectivity index (χ0) is 13.9. The van der Waals surface area contributed by atoms with Gasteiger partial charge in [-0.2, -0.15) is 0 Å². The number of oxazole rings is 1. The molecule has 3 aromatic rings. The number of hydrogen-bond acceptors (Lipinski definition) is 6. The standard InChI is InChI=1S/C13H13N3O2S2/c1-16-9(7-17)5-15-13(16)20-8-12-14-6-10(18-12)11-3-2-4-19-11/h2-6,17H,7-8H2,1H3. The average Bonchev–Trinajstić information content (AvgIpc) is 3.17. The fourth-order valence-electron chi connectivity index (χ4n) is 1.74. The van der Waals surface area contributed by atoms with Crippen LogP contribution in [0.1, 0.15) is 11.6 Å². The minimum Gasteiger partial charge on any atom is -0.439 e. The number of aliphatic hydroxyl groups is 1. The van der Waals surface area contributed by atoms with Crippen molar-refractivity contribution in [2.75, 3.05) is 0 Å². The molecular weight excluding hydrogens is 294 g/mol. The minimum atomic E-state index is -0.00835. The van der Waals surface area contributed by atoms with Crippen molar-refractivity contribution in [1.82, 2.24) is 14.5 Å². The van der Waals surface area contributed by atoms with Crippen LogP contribution in [0.3, 0.4) is 0 Å². The van der Waals surface area contributed by atoms with E-state index in [-0.39, 0.29) is 6.61 Å². The van der Waals surface area contributed by atoms with Crippen molar-refractivity contribution in [3.63, 3.8) is 0 Å². The number of aromatic nitrogens is 3. The summed E-state index contributed by atoms with van der Waals surface area (Å²) >= 11 is 3.16. The van der Waals surface area contributed by atoms with Gasteiger partial charge in [-0.25, -0.2) is 9.97 Å². The Morgan fingerprint density at radius 2 is 2.30 bits per heavy atom. The van der Waals surface area contributed by atoms with E-state index in [1.165, 1.54) is 11.8 Å². The van der Waals surface area contributed by atoms with Crippen LogP contribution >= 0.6 is 23.1 Å². The van der Waals surface area contributed by atoms with Crippen molar-refractivity contribution >= 4 is 23.1 Å². The first-order chi connectivity index (χ1) is 9.78. The first-order valence-electron chi connectivity index (χ1n) is 6.00. The number of aliphatic hydroxyl groups excluding tert-OH is 1. The molecule has 0 aliphatic rings. The van der Waals surface area contributed by atoms with Crippen molar-refractivity contribution in [2.45, 2.75) is 17.5 Å². The van der Waals surface area contributed by atoms with Crippen LogP contribution in [-0.4, -0.2) is 19.6 Å². The molecule has 20 heavy (non-hydrogen) atoms. The largest absolute Gasteiger partial charge is 0.439 e. The molecule has 0 aromatic carbocycles. The summed E-state index contributed by atoms with van der Waals surface area (Å²) in [5.74, 6) is 2.08. The van der Waals surface area contributed by atoms with Gasteiger partial charge < -0.3 is 14.1 Å². The average molecular weight is 307 g/mol. The van der Waals surface area contributed by atoms with Gasteiger partial charge in [-0.3, -0.25) is 0 Å². The molecule has 3 rings (SSSR count). The highest BCUT2D eigenvalue weighted by Gasteiger charge is 2.10. The third kappa shape index (κ3) is 2.65. The Labute approximate surface area is 124 Å². The molecule has 0 saturated heterocycles. The van der Waals surface area contributed by atoms with Gasteiger partial charge in [0.15, 0.2) is 10.9 Å². The van der Waals surface area contributed by atoms with Crippen LogP contribution < -0.4 is 0 Å². The van der Waals surface area contributed by atoms with Crippen molar-refractivity contribution in [1.29, 1.82) is 0 Å². The second-order valence-electron chi connectivity index (χ2n) is 4.13. The number of hydrogen-bond donors (Lipinski definition) is 1. The molecule has 0 aliphatic heterocycles. The van der Waals surface area contributed by atoms with Gasteiger partial charge in [-0.15, -0.1) is 11.3 Å². The van der Waals surface area contributed by atoms with Gasteiger partial charge in [0, 0.05) is 7.05 Å². The molecule has 5 nitrogen and oxygen atoms in total. The molecule has 0 bridgehead atoms. The van der Waals surface area contributed by atoms with Crippen LogP contribution in [0, 0.1) is 0 Å². The Bertz CT molecular complexity index is 688. The number of rotatable bonds is 5. The van der Waals surface area contributed by atoms with Crippen LogP contribution in [0.25, 0.3) is 10.6 Å². The second-order valence-corrected chi connectivity index (χ2v) is 6.02. The smallest absolute Gasteiger partial charge is 0.205 e. The van der Waals surface area contributed by atoms with Gasteiger partial charge in [0.25, 0.3) is 0 Å². The van der Waals surface area contributed by atoms with Gasteiger partial charge in [0.1, 0.15) is 0 Å². The van der Waals surface area contributed by atoms with Gasteiger partial charge in [0.05, 0.1) is 35.3 Å². The lowest BCUT2D eigenvalue weighted by Gasteiger charge is -2.01. The summed E-state index contributed by atoms with van der Waals surface area (Å²) in [5, 5.41) is 12.0. The van der Waals surface area contributed by atoms with Crippen LogP contribution in [0.15, 0.2) is 39.5 Å². The summed E-state index contributed by atoms with van der Waals surface area (Å²) in [7, 11) is 1.88. The third-order valence-corrected chi connectivity index (χ3v) is 4.76. The lowest BCUT2D eigenvalue weighted by Crippen LogP contribution is -1.97. The van der Waals surface area contributed by atoms with Crippen LogP contribution in [-0.2, 0) is 19.4 Å². The molecule has 0 radical (unpaired) electrons. The van der Waals surface area contributed by atoms with E-state index in [4.69, 9.17) is 9.52 Å². The highest BCUT2D eigenvalue weighted by atomic mass is 32.2. The predicted molar refractivity (Wildman–Crippen MR) is 78.5 cm³/mol. The zero-order valence-corrected chi connectivity index (χ0v) is 12.4. The summed E-state index contributed by atoms with van der Waals surface area (Å²) in [4.78, 5) is 9.61. The van der Waals surface area contributed by atoms with E-state index in [1.54, 1.807) is 23.7 Å². The molecule has 104 valence electrons. The Morgan fingerprint density at radius 3 is 3.00 bits per heavy atom. The molecule has 3 heterocycles. The van der Waals surface area contributed by atoms with Gasteiger partial charge in [0.2, 0.25) is 5.89 Å². The summed E-state index contributed by atoms with van der Waals surface area (Å²) in [5.41, 5.74) is 0.791. The van der Waals surface area contributed by atoms with Gasteiger partial charge in [-0.1, -0.05) is 17.8 Å². The number of nitrogens with zero attached hydrogens (tertiary/aromatic N) is 3. The SMILES string of the molecule is Cn1c(CO)cnc1SCc1ncc(-c2cccs2)o1. The molecular formula is C13H13N3O2S2. The van der Waals surface area contributed by atoms with E-state index >= 15 is 0 Å². The Morgan fingerprint density at radius 1 is 1.40 bits per heavy atom. The topological polar surface area (TPSA) is 64.1 Å². The zero-order valence-electron chi connectivity index (χ0n) is 10.8. The second kappa shape index (κ2) is 5.82. The normalized spacial score (nSPS) is 11.1. The van der Waals surface area contributed by atoms with Gasteiger partial charge >= 0.3 is 0 Å². The Hall–Kier alpha value is -1.57. The number of imidazole rings is 1. The highest BCUT2D eigenvalue weighted by molar-refractivity contribution is 7.98. The first-order valence-corrected chi connectivity index (χ1v) is 7.87. The lowest BCUT2D eigenvalue weighted by atomic mass is 10.4. The molecule has 1 N–H and O–H groups in total. The Balaban J connectivity index is 1.68. The molecule has 3 aromatic heterocycles. The van der Waals surface area contributed by atoms with E-state index in [9.17, 15) is 0 Å². The van der Waals surface area contributed by atoms with Crippen molar-refractivity contribution in [3.8, 4) is 10.6 Å². The highest BCUT2D eigenvalue weighted by Crippen LogP contribution is 2.28. The predicted octanol–water partition coefficient (Wildman–Crippen LogP) is 2.92. The fourth-order valence-corrected chi connectivity index (χ4v) is 3.24. The molecule has 7 heteroatoms. The molecule has 0 fully saturated rings. The molecule has 0 spiro atoms. The van der Waals surface area contributed by atoms with Crippen LogP contribution in [0.5, 0.6) is 0 Å². The molecule has 0 unspecified atom stereocenters. The van der Waals surface area contributed by atoms with Crippen molar-refractivity contribution in [3.05, 3.63) is 41.5 Å². The van der Waals surface area contributed by atoms with E-state index in [0.29, 0.717) is 11.6 Å². The van der Waals surface area contributed by atoms with E-state index in [0.717, 1.165) is 21.5 Å². The number of thioether (sulfide) groups is 1. The maximum absolute atomic E-state index is 9.13. The number of thiophene rings is 1. The summed E-state index contributed by atoms with van der Waals surface area (Å²) in [6, 6.07) is 4.00. The molecule has 0 amide bonds. The fraction of sp³-hybridized carbons (Fsp3) is 0.231. The van der Waals surface area contributed by atoms with E-state index < -0.39 is 0 Å². The third-order valence-electron chi connectivity index (χ3n) is 2.85. The van der Waals surface area contributed by atoms with Crippen LogP contribution in [0.4, 0.5) is 0 Å². The van der Waals surface area contributed by atoms with Crippen molar-refractivity contribution < 1.29 is 9.52 Å². The van der Waals surface area contributed by atoms with Crippen LogP contribution in [0.2, 0.25) is 0 Å². The van der Waals surface area contributed by atoms with Crippen molar-refractivity contribution in [2.24, 2.45) is 7.05 Å². The van der Waals surface area contributed by atoms with E-state index in [2.05, 4.69) is 9.97 Å². The lowest BCUT2D eigenvalue weighted by molar-refractivity contribution is 0.271.